The molecule has 0 atom stereocenters. The van der Waals surface area contributed by atoms with E-state index < -0.39 is 23.2 Å². The van der Waals surface area contributed by atoms with E-state index in [-0.39, 0.29) is 17.9 Å². The van der Waals surface area contributed by atoms with Crippen molar-refractivity contribution in [2.75, 3.05) is 11.9 Å². The van der Waals surface area contributed by atoms with E-state index in [4.69, 9.17) is 4.74 Å². The third-order valence-corrected chi connectivity index (χ3v) is 4.00. The maximum atomic E-state index is 12.6. The lowest BCUT2D eigenvalue weighted by molar-refractivity contribution is 0.0526. The molecule has 0 unspecified atom stereocenters. The van der Waals surface area contributed by atoms with Crippen LogP contribution in [0.15, 0.2) is 59.4 Å². The van der Waals surface area contributed by atoms with Gasteiger partial charge in [0.15, 0.2) is 11.4 Å². The van der Waals surface area contributed by atoms with Crippen LogP contribution in [0.1, 0.15) is 33.3 Å². The van der Waals surface area contributed by atoms with Gasteiger partial charge in [-0.05, 0) is 49.7 Å². The van der Waals surface area contributed by atoms with Crippen LogP contribution in [0.5, 0.6) is 5.75 Å². The minimum absolute atomic E-state index is 0.230. The average molecular weight is 393 g/mol. The van der Waals surface area contributed by atoms with Gasteiger partial charge in [0.25, 0.3) is 11.5 Å². The normalized spacial score (nSPS) is 10.4. The van der Waals surface area contributed by atoms with Gasteiger partial charge in [0, 0.05) is 11.8 Å². The highest BCUT2D eigenvalue weighted by molar-refractivity contribution is 6.05. The molecule has 2 aromatic carbocycles. The van der Waals surface area contributed by atoms with Gasteiger partial charge in [-0.15, -0.1) is 0 Å². The van der Waals surface area contributed by atoms with Gasteiger partial charge in [0.1, 0.15) is 0 Å². The lowest BCUT2D eigenvalue weighted by Crippen LogP contribution is -2.25. The van der Waals surface area contributed by atoms with Crippen molar-refractivity contribution in [2.45, 2.75) is 13.8 Å². The smallest absolute Gasteiger partial charge is 0.338 e. The van der Waals surface area contributed by atoms with Gasteiger partial charge in [-0.1, -0.05) is 18.2 Å². The van der Waals surface area contributed by atoms with Gasteiger partial charge in [0.2, 0.25) is 0 Å². The molecular formula is C21H19N3O5. The number of nitrogens with zero attached hydrogens (tertiary/aromatic N) is 2. The Morgan fingerprint density at radius 2 is 1.90 bits per heavy atom. The van der Waals surface area contributed by atoms with E-state index in [0.29, 0.717) is 11.4 Å². The van der Waals surface area contributed by atoms with Crippen molar-refractivity contribution in [1.29, 1.82) is 0 Å². The molecule has 29 heavy (non-hydrogen) atoms. The van der Waals surface area contributed by atoms with Crippen LogP contribution in [-0.4, -0.2) is 33.4 Å². The molecule has 1 amide bonds. The molecule has 0 aliphatic heterocycles. The zero-order valence-corrected chi connectivity index (χ0v) is 15.9. The number of carbonyl (C=O) groups excluding carboxylic acids is 2. The van der Waals surface area contributed by atoms with Crippen molar-refractivity contribution in [3.8, 4) is 11.4 Å². The van der Waals surface area contributed by atoms with Gasteiger partial charge in [-0.2, -0.15) is 9.78 Å². The number of hydrogen-bond donors (Lipinski definition) is 2. The summed E-state index contributed by atoms with van der Waals surface area (Å²) in [7, 11) is 0. The number of benzene rings is 2. The number of carbonyl (C=O) groups is 2. The molecule has 148 valence electrons. The molecule has 0 fully saturated rings. The topological polar surface area (TPSA) is 111 Å². The highest BCUT2D eigenvalue weighted by Crippen LogP contribution is 2.17. The first-order valence-electron chi connectivity index (χ1n) is 8.88. The van der Waals surface area contributed by atoms with Crippen LogP contribution in [0.4, 0.5) is 5.69 Å². The van der Waals surface area contributed by atoms with E-state index in [0.717, 1.165) is 16.3 Å². The summed E-state index contributed by atoms with van der Waals surface area (Å²) < 4.78 is 5.98. The second kappa shape index (κ2) is 8.39. The van der Waals surface area contributed by atoms with Gasteiger partial charge < -0.3 is 15.2 Å². The molecular weight excluding hydrogens is 374 g/mol. The molecule has 3 aromatic rings. The lowest BCUT2D eigenvalue weighted by Gasteiger charge is -2.10. The van der Waals surface area contributed by atoms with Gasteiger partial charge in [-0.25, -0.2) is 4.79 Å². The summed E-state index contributed by atoms with van der Waals surface area (Å²) in [5, 5.41) is 16.6. The fourth-order valence-corrected chi connectivity index (χ4v) is 2.68. The molecule has 8 nitrogen and oxygen atoms in total. The Morgan fingerprint density at radius 3 is 2.62 bits per heavy atom. The Bertz CT molecular complexity index is 1140. The van der Waals surface area contributed by atoms with Gasteiger partial charge >= 0.3 is 5.97 Å². The highest BCUT2D eigenvalue weighted by atomic mass is 16.5. The summed E-state index contributed by atoms with van der Waals surface area (Å²) >= 11 is 0. The Morgan fingerprint density at radius 1 is 1.14 bits per heavy atom. The van der Waals surface area contributed by atoms with Crippen LogP contribution in [0.2, 0.25) is 0 Å². The molecule has 0 saturated carbocycles. The molecule has 0 aliphatic rings. The summed E-state index contributed by atoms with van der Waals surface area (Å²) in [6.45, 7) is 3.79. The number of rotatable bonds is 5. The van der Waals surface area contributed by atoms with Crippen molar-refractivity contribution in [2.24, 2.45) is 0 Å². The minimum atomic E-state index is -0.732. The first-order chi connectivity index (χ1) is 13.9. The van der Waals surface area contributed by atoms with Gasteiger partial charge in [-0.3, -0.25) is 9.59 Å². The molecule has 0 spiro atoms. The van der Waals surface area contributed by atoms with Crippen LogP contribution >= 0.6 is 0 Å². The number of ether oxygens (including phenoxy) is 1. The largest absolute Gasteiger partial charge is 0.505 e. The molecule has 1 aromatic heterocycles. The first kappa shape index (κ1) is 19.8. The highest BCUT2D eigenvalue weighted by Gasteiger charge is 2.18. The number of aromatic hydroxyl groups is 1. The van der Waals surface area contributed by atoms with E-state index >= 15 is 0 Å². The second-order valence-electron chi connectivity index (χ2n) is 6.22. The Labute approximate surface area is 166 Å². The minimum Gasteiger partial charge on any atom is -0.505 e. The van der Waals surface area contributed by atoms with Crippen molar-refractivity contribution in [1.82, 2.24) is 9.78 Å². The summed E-state index contributed by atoms with van der Waals surface area (Å²) in [4.78, 5) is 36.7. The molecule has 1 heterocycles. The number of anilines is 1. The maximum absolute atomic E-state index is 12.6. The van der Waals surface area contributed by atoms with Crippen molar-refractivity contribution in [3.63, 3.8) is 0 Å². The number of aryl methyl sites for hydroxylation is 1. The van der Waals surface area contributed by atoms with Crippen LogP contribution in [-0.2, 0) is 4.74 Å². The fraction of sp³-hybridized carbons (Fsp3) is 0.143. The monoisotopic (exact) mass is 393 g/mol. The number of aromatic nitrogens is 2. The Balaban J connectivity index is 1.92. The number of amides is 1. The molecule has 3 rings (SSSR count). The average Bonchev–Trinajstić information content (AvgIpc) is 2.68. The molecule has 2 N–H and O–H groups in total. The van der Waals surface area contributed by atoms with Crippen molar-refractivity contribution in [3.05, 3.63) is 81.8 Å². The van der Waals surface area contributed by atoms with E-state index in [2.05, 4.69) is 10.4 Å². The third kappa shape index (κ3) is 4.49. The summed E-state index contributed by atoms with van der Waals surface area (Å²) in [6, 6.07) is 14.1. The molecule has 0 radical (unpaired) electrons. The second-order valence-corrected chi connectivity index (χ2v) is 6.22. The van der Waals surface area contributed by atoms with Crippen LogP contribution in [0, 0.1) is 6.92 Å². The van der Waals surface area contributed by atoms with Crippen LogP contribution in [0.25, 0.3) is 5.69 Å². The van der Waals surface area contributed by atoms with Gasteiger partial charge in [0.05, 0.1) is 17.9 Å². The number of esters is 1. The molecule has 0 aliphatic carbocycles. The molecule has 0 bridgehead atoms. The zero-order valence-electron chi connectivity index (χ0n) is 15.9. The van der Waals surface area contributed by atoms with E-state index in [1.165, 1.54) is 6.07 Å². The maximum Gasteiger partial charge on any atom is 0.338 e. The fourth-order valence-electron chi connectivity index (χ4n) is 2.68. The third-order valence-electron chi connectivity index (χ3n) is 4.00. The summed E-state index contributed by atoms with van der Waals surface area (Å²) in [5.74, 6) is -1.79. The molecule has 8 heteroatoms. The van der Waals surface area contributed by atoms with E-state index in [9.17, 15) is 19.5 Å². The predicted molar refractivity (Wildman–Crippen MR) is 107 cm³/mol. The Kier molecular flexibility index (Phi) is 5.73. The van der Waals surface area contributed by atoms with E-state index in [1.807, 2.05) is 13.0 Å². The Hall–Kier alpha value is -3.94. The van der Waals surface area contributed by atoms with Crippen molar-refractivity contribution >= 4 is 17.6 Å². The number of hydrogen-bond acceptors (Lipinski definition) is 6. The quantitative estimate of drug-likeness (QED) is 0.645. The lowest BCUT2D eigenvalue weighted by atomic mass is 10.2. The summed E-state index contributed by atoms with van der Waals surface area (Å²) in [6.07, 6.45) is 0. The van der Waals surface area contributed by atoms with Crippen molar-refractivity contribution < 1.29 is 19.4 Å². The van der Waals surface area contributed by atoms with Crippen LogP contribution in [0.3, 0.4) is 0 Å². The zero-order chi connectivity index (χ0) is 21.0. The first-order valence-corrected chi connectivity index (χ1v) is 8.88. The SMILES string of the molecule is CCOC(=O)c1cccc(NC(=O)c2nn(-c3cccc(C)c3)c(=O)cc2O)c1. The predicted octanol–water partition coefficient (Wildman–Crippen LogP) is 2.68. The number of nitrogens with one attached hydrogen (secondary N) is 1. The van der Waals surface area contributed by atoms with Crippen LogP contribution < -0.4 is 10.9 Å². The summed E-state index contributed by atoms with van der Waals surface area (Å²) in [5.41, 5.74) is 1.06. The van der Waals surface area contributed by atoms with E-state index in [1.54, 1.807) is 43.3 Å². The molecule has 0 saturated heterocycles. The standard InChI is InChI=1S/C21H19N3O5/c1-3-29-21(28)14-7-5-8-15(11-14)22-20(27)19-17(25)12-18(26)24(23-19)16-9-4-6-13(2)10-16/h4-12,25H,3H2,1-2H3,(H,22,27).